The van der Waals surface area contributed by atoms with Crippen LogP contribution >= 0.6 is 11.3 Å². The van der Waals surface area contributed by atoms with Crippen LogP contribution in [0.25, 0.3) is 0 Å². The van der Waals surface area contributed by atoms with Gasteiger partial charge in [-0.05, 0) is 35.4 Å². The first-order valence-corrected chi connectivity index (χ1v) is 11.1. The summed E-state index contributed by atoms with van der Waals surface area (Å²) in [6.45, 7) is 6.95. The molecule has 1 N–H and O–H groups in total. The number of morpholine rings is 1. The van der Waals surface area contributed by atoms with Gasteiger partial charge < -0.3 is 15.0 Å². The Morgan fingerprint density at radius 2 is 1.71 bits per heavy atom. The summed E-state index contributed by atoms with van der Waals surface area (Å²) in [4.78, 5) is 15.5. The van der Waals surface area contributed by atoms with Crippen LogP contribution in [0.3, 0.4) is 0 Å². The molecule has 4 rings (SSSR count). The lowest BCUT2D eigenvalue weighted by Crippen LogP contribution is -2.37. The molecule has 0 radical (unpaired) electrons. The molecule has 3 aromatic rings. The number of aromatic nitrogens is 2. The Balaban J connectivity index is 1.67. The molecule has 1 atom stereocenters. The average Bonchev–Trinajstić information content (AvgIpc) is 3.29. The van der Waals surface area contributed by atoms with Gasteiger partial charge in [-0.2, -0.15) is 0 Å². The van der Waals surface area contributed by atoms with Crippen molar-refractivity contribution in [3.8, 4) is 0 Å². The first-order valence-electron chi connectivity index (χ1n) is 10.2. The number of benzene rings is 2. The second-order valence-electron chi connectivity index (χ2n) is 8.10. The van der Waals surface area contributed by atoms with Gasteiger partial charge in [-0.25, -0.2) is 4.39 Å². The predicted octanol–water partition coefficient (Wildman–Crippen LogP) is 4.31. The smallest absolute Gasteiger partial charge is 0.232 e. The third-order valence-corrected chi connectivity index (χ3v) is 6.30. The van der Waals surface area contributed by atoms with Gasteiger partial charge in [-0.1, -0.05) is 49.4 Å². The number of nitrogens with one attached hydrogen (secondary N) is 1. The molecule has 1 aliphatic rings. The zero-order valence-electron chi connectivity index (χ0n) is 17.5. The Kier molecular flexibility index (Phi) is 6.29. The number of carbonyl (C=O) groups excluding carboxylic acids is 1. The van der Waals surface area contributed by atoms with Crippen molar-refractivity contribution in [1.82, 2.24) is 10.2 Å². The second-order valence-corrected chi connectivity index (χ2v) is 8.93. The average molecular weight is 441 g/mol. The number of halogens is 1. The summed E-state index contributed by atoms with van der Waals surface area (Å²) in [5, 5.41) is 11.0. The van der Waals surface area contributed by atoms with Crippen LogP contribution in [0.4, 0.5) is 15.2 Å². The summed E-state index contributed by atoms with van der Waals surface area (Å²) in [7, 11) is 0. The SMILES string of the molecule is CC(C)(C(=O)Nc1nncs1)C(c1ccc(F)cc1)c1ccc(N2CCOCC2)cc1. The first kappa shape index (κ1) is 21.4. The highest BCUT2D eigenvalue weighted by Gasteiger charge is 2.39. The number of hydrogen-bond donors (Lipinski definition) is 1. The maximum absolute atomic E-state index is 13.6. The molecule has 2 heterocycles. The highest BCUT2D eigenvalue weighted by Crippen LogP contribution is 2.42. The minimum absolute atomic E-state index is 0.171. The summed E-state index contributed by atoms with van der Waals surface area (Å²) in [6, 6.07) is 14.6. The van der Waals surface area contributed by atoms with Crippen molar-refractivity contribution in [2.24, 2.45) is 5.41 Å². The molecule has 0 spiro atoms. The zero-order chi connectivity index (χ0) is 21.8. The molecule has 0 bridgehead atoms. The predicted molar refractivity (Wildman–Crippen MR) is 120 cm³/mol. The molecule has 1 aromatic heterocycles. The highest BCUT2D eigenvalue weighted by atomic mass is 32.1. The largest absolute Gasteiger partial charge is 0.378 e. The molecular weight excluding hydrogens is 415 g/mol. The van der Waals surface area contributed by atoms with E-state index in [1.165, 1.54) is 23.5 Å². The fraction of sp³-hybridized carbons (Fsp3) is 0.348. The van der Waals surface area contributed by atoms with Crippen LogP contribution in [0.5, 0.6) is 0 Å². The van der Waals surface area contributed by atoms with Crippen molar-refractivity contribution in [2.45, 2.75) is 19.8 Å². The number of ether oxygens (including phenoxy) is 1. The summed E-state index contributed by atoms with van der Waals surface area (Å²) in [5.41, 5.74) is 3.73. The zero-order valence-corrected chi connectivity index (χ0v) is 18.4. The Labute approximate surface area is 185 Å². The van der Waals surface area contributed by atoms with Crippen molar-refractivity contribution in [3.63, 3.8) is 0 Å². The molecule has 1 aliphatic heterocycles. The molecule has 8 heteroatoms. The number of hydrogen-bond acceptors (Lipinski definition) is 6. The molecule has 0 aliphatic carbocycles. The first-order chi connectivity index (χ1) is 14.9. The molecule has 162 valence electrons. The Hall–Kier alpha value is -2.84. The maximum Gasteiger partial charge on any atom is 0.232 e. The molecule has 6 nitrogen and oxygen atoms in total. The van der Waals surface area contributed by atoms with E-state index in [0.29, 0.717) is 5.13 Å². The van der Waals surface area contributed by atoms with E-state index in [1.54, 1.807) is 17.6 Å². The molecule has 1 fully saturated rings. The third kappa shape index (κ3) is 4.75. The van der Waals surface area contributed by atoms with E-state index in [2.05, 4.69) is 44.7 Å². The van der Waals surface area contributed by atoms with E-state index in [9.17, 15) is 9.18 Å². The van der Waals surface area contributed by atoms with E-state index in [1.807, 2.05) is 13.8 Å². The Morgan fingerprint density at radius 1 is 1.10 bits per heavy atom. The van der Waals surface area contributed by atoms with Crippen molar-refractivity contribution in [1.29, 1.82) is 0 Å². The molecule has 2 aromatic carbocycles. The maximum atomic E-state index is 13.6. The van der Waals surface area contributed by atoms with Crippen molar-refractivity contribution in [2.75, 3.05) is 36.5 Å². The lowest BCUT2D eigenvalue weighted by molar-refractivity contribution is -0.124. The second kappa shape index (κ2) is 9.11. The van der Waals surface area contributed by atoms with Crippen LogP contribution in [0.1, 0.15) is 30.9 Å². The van der Waals surface area contributed by atoms with Crippen LogP contribution in [0.2, 0.25) is 0 Å². The highest BCUT2D eigenvalue weighted by molar-refractivity contribution is 7.13. The van der Waals surface area contributed by atoms with Crippen LogP contribution in [0.15, 0.2) is 54.0 Å². The van der Waals surface area contributed by atoms with Crippen LogP contribution < -0.4 is 10.2 Å². The fourth-order valence-electron chi connectivity index (χ4n) is 4.00. The number of nitrogens with zero attached hydrogens (tertiary/aromatic N) is 3. The summed E-state index contributed by atoms with van der Waals surface area (Å²) < 4.78 is 19.0. The van der Waals surface area contributed by atoms with Gasteiger partial charge in [0.05, 0.1) is 18.6 Å². The Bertz CT molecular complexity index is 1000. The molecule has 1 unspecified atom stereocenters. The van der Waals surface area contributed by atoms with Crippen LogP contribution in [-0.2, 0) is 9.53 Å². The molecule has 31 heavy (non-hydrogen) atoms. The number of carbonyl (C=O) groups is 1. The van der Waals surface area contributed by atoms with Gasteiger partial charge in [0.15, 0.2) is 0 Å². The minimum Gasteiger partial charge on any atom is -0.378 e. The van der Waals surface area contributed by atoms with E-state index in [0.717, 1.165) is 43.1 Å². The topological polar surface area (TPSA) is 67.4 Å². The van der Waals surface area contributed by atoms with Crippen LogP contribution in [0, 0.1) is 11.2 Å². The summed E-state index contributed by atoms with van der Waals surface area (Å²) >= 11 is 1.27. The number of rotatable bonds is 6. The summed E-state index contributed by atoms with van der Waals surface area (Å²) in [5.74, 6) is -0.753. The van der Waals surface area contributed by atoms with Gasteiger partial charge in [0.1, 0.15) is 11.3 Å². The lowest BCUT2D eigenvalue weighted by Gasteiger charge is -2.34. The van der Waals surface area contributed by atoms with Gasteiger partial charge in [0.2, 0.25) is 11.0 Å². The van der Waals surface area contributed by atoms with Crippen molar-refractivity contribution < 1.29 is 13.9 Å². The molecule has 0 saturated carbocycles. The van der Waals surface area contributed by atoms with Gasteiger partial charge >= 0.3 is 0 Å². The van der Waals surface area contributed by atoms with E-state index in [-0.39, 0.29) is 17.6 Å². The van der Waals surface area contributed by atoms with E-state index in [4.69, 9.17) is 4.74 Å². The van der Waals surface area contributed by atoms with Gasteiger partial charge in [0, 0.05) is 24.7 Å². The van der Waals surface area contributed by atoms with Gasteiger partial charge in [0.25, 0.3) is 0 Å². The van der Waals surface area contributed by atoms with Gasteiger partial charge in [-0.15, -0.1) is 10.2 Å². The number of anilines is 2. The van der Waals surface area contributed by atoms with E-state index >= 15 is 0 Å². The monoisotopic (exact) mass is 440 g/mol. The fourth-order valence-corrected chi connectivity index (χ4v) is 4.44. The lowest BCUT2D eigenvalue weighted by atomic mass is 9.70. The molecule has 1 amide bonds. The minimum atomic E-state index is -0.829. The van der Waals surface area contributed by atoms with E-state index < -0.39 is 5.41 Å². The number of amides is 1. The van der Waals surface area contributed by atoms with Crippen molar-refractivity contribution in [3.05, 3.63) is 71.0 Å². The molecular formula is C23H25FN4O2S. The third-order valence-electron chi connectivity index (χ3n) is 5.69. The normalized spacial score (nSPS) is 15.5. The quantitative estimate of drug-likeness (QED) is 0.619. The van der Waals surface area contributed by atoms with Crippen molar-refractivity contribution >= 4 is 28.1 Å². The summed E-state index contributed by atoms with van der Waals surface area (Å²) in [6.07, 6.45) is 0. The standard InChI is InChI=1S/C23H25FN4O2S/c1-23(2,21(29)26-22-27-25-15-31-22)20(16-3-7-18(24)8-4-16)17-5-9-19(10-6-17)28-11-13-30-14-12-28/h3-10,15,20H,11-14H2,1-2H3,(H,26,27,29). The Morgan fingerprint density at radius 3 is 2.29 bits per heavy atom. The molecule has 1 saturated heterocycles. The van der Waals surface area contributed by atoms with Crippen LogP contribution in [-0.4, -0.2) is 42.4 Å². The van der Waals surface area contributed by atoms with Gasteiger partial charge in [-0.3, -0.25) is 4.79 Å².